The number of aromatic nitrogens is 2. The van der Waals surface area contributed by atoms with E-state index < -0.39 is 0 Å². The van der Waals surface area contributed by atoms with Crippen molar-refractivity contribution in [1.82, 2.24) is 20.6 Å². The van der Waals surface area contributed by atoms with E-state index in [1.807, 2.05) is 6.20 Å². The molecule has 22 heavy (non-hydrogen) atoms. The van der Waals surface area contributed by atoms with Crippen LogP contribution in [-0.4, -0.2) is 29.5 Å². The minimum absolute atomic E-state index is 0.295. The highest BCUT2D eigenvalue weighted by Gasteiger charge is 2.05. The number of halogens is 1. The van der Waals surface area contributed by atoms with Gasteiger partial charge < -0.3 is 10.6 Å². The van der Waals surface area contributed by atoms with Crippen LogP contribution in [0.25, 0.3) is 0 Å². The molecule has 2 heterocycles. The number of thiazole rings is 1. The van der Waals surface area contributed by atoms with Gasteiger partial charge in [-0.05, 0) is 18.6 Å². The summed E-state index contributed by atoms with van der Waals surface area (Å²) in [5.74, 6) is 0.303. The number of aryl methyl sites for hydroxylation is 1. The zero-order chi connectivity index (χ0) is 15.8. The first kappa shape index (κ1) is 16.4. The summed E-state index contributed by atoms with van der Waals surface area (Å²) in [5, 5.41) is 7.35. The van der Waals surface area contributed by atoms with Gasteiger partial charge in [0.2, 0.25) is 0 Å². The Balaban J connectivity index is 1.77. The van der Waals surface area contributed by atoms with Gasteiger partial charge in [-0.25, -0.2) is 9.37 Å². The third kappa shape index (κ3) is 4.77. The van der Waals surface area contributed by atoms with Crippen molar-refractivity contribution in [3.63, 3.8) is 0 Å². The molecule has 0 bridgehead atoms. The SMILES string of the molecule is CCc1cnc(CCNC(=NC)NCc2ncccc2F)s1. The van der Waals surface area contributed by atoms with E-state index in [1.165, 1.54) is 10.9 Å². The lowest BCUT2D eigenvalue weighted by molar-refractivity contribution is 0.592. The molecule has 2 rings (SSSR count). The van der Waals surface area contributed by atoms with Gasteiger partial charge in [-0.3, -0.25) is 9.98 Å². The molecule has 0 atom stereocenters. The van der Waals surface area contributed by atoms with Crippen LogP contribution in [0.5, 0.6) is 0 Å². The van der Waals surface area contributed by atoms with Gasteiger partial charge in [0.25, 0.3) is 0 Å². The third-order valence-corrected chi connectivity index (χ3v) is 4.26. The first-order chi connectivity index (χ1) is 10.7. The zero-order valence-electron chi connectivity index (χ0n) is 12.8. The number of rotatable bonds is 6. The molecule has 0 aromatic carbocycles. The molecule has 0 fully saturated rings. The molecule has 0 aliphatic rings. The number of hydrogen-bond acceptors (Lipinski definition) is 4. The highest BCUT2D eigenvalue weighted by Crippen LogP contribution is 2.13. The van der Waals surface area contributed by atoms with Crippen molar-refractivity contribution in [3.8, 4) is 0 Å². The summed E-state index contributed by atoms with van der Waals surface area (Å²) in [6.07, 6.45) is 5.36. The van der Waals surface area contributed by atoms with Crippen LogP contribution < -0.4 is 10.6 Å². The average molecular weight is 321 g/mol. The quantitative estimate of drug-likeness (QED) is 0.632. The molecule has 118 valence electrons. The molecule has 0 spiro atoms. The fraction of sp³-hybridized carbons (Fsp3) is 0.400. The Morgan fingerprint density at radius 3 is 2.91 bits per heavy atom. The maximum absolute atomic E-state index is 13.5. The third-order valence-electron chi connectivity index (χ3n) is 3.06. The molecule has 7 heteroatoms. The molecule has 0 saturated heterocycles. The van der Waals surface area contributed by atoms with E-state index in [0.717, 1.165) is 24.4 Å². The molecular formula is C15H20FN5S. The summed E-state index contributed by atoms with van der Waals surface area (Å²) >= 11 is 1.73. The van der Waals surface area contributed by atoms with Crippen molar-refractivity contribution in [2.75, 3.05) is 13.6 Å². The van der Waals surface area contributed by atoms with Crippen molar-refractivity contribution >= 4 is 17.3 Å². The summed E-state index contributed by atoms with van der Waals surface area (Å²) in [7, 11) is 1.68. The van der Waals surface area contributed by atoms with Gasteiger partial charge in [0.05, 0.1) is 17.2 Å². The molecule has 2 aromatic rings. The first-order valence-corrected chi connectivity index (χ1v) is 8.02. The Hall–Kier alpha value is -2.02. The fourth-order valence-corrected chi connectivity index (χ4v) is 2.71. The van der Waals surface area contributed by atoms with Gasteiger partial charge in [0.15, 0.2) is 5.96 Å². The molecule has 0 saturated carbocycles. The molecule has 0 aliphatic heterocycles. The average Bonchev–Trinajstić information content (AvgIpc) is 3.00. The smallest absolute Gasteiger partial charge is 0.191 e. The van der Waals surface area contributed by atoms with Crippen LogP contribution in [0.15, 0.2) is 29.5 Å². The molecular weight excluding hydrogens is 301 g/mol. The van der Waals surface area contributed by atoms with Crippen LogP contribution in [0, 0.1) is 5.82 Å². The van der Waals surface area contributed by atoms with Gasteiger partial charge in [-0.1, -0.05) is 6.92 Å². The molecule has 0 radical (unpaired) electrons. The minimum atomic E-state index is -0.319. The summed E-state index contributed by atoms with van der Waals surface area (Å²) in [4.78, 5) is 13.8. The Morgan fingerprint density at radius 2 is 2.23 bits per heavy atom. The first-order valence-electron chi connectivity index (χ1n) is 7.20. The van der Waals surface area contributed by atoms with E-state index in [2.05, 4.69) is 32.5 Å². The van der Waals surface area contributed by atoms with Crippen molar-refractivity contribution in [2.24, 2.45) is 4.99 Å². The summed E-state index contributed by atoms with van der Waals surface area (Å²) in [5.41, 5.74) is 0.373. The van der Waals surface area contributed by atoms with Crippen LogP contribution in [0.4, 0.5) is 4.39 Å². The van der Waals surface area contributed by atoms with Gasteiger partial charge in [0, 0.05) is 37.3 Å². The van der Waals surface area contributed by atoms with Gasteiger partial charge in [-0.15, -0.1) is 11.3 Å². The van der Waals surface area contributed by atoms with Gasteiger partial charge >= 0.3 is 0 Å². The normalized spacial score (nSPS) is 11.5. The Labute approximate surface area is 133 Å². The number of guanidine groups is 1. The molecule has 0 amide bonds. The topological polar surface area (TPSA) is 62.2 Å². The molecule has 2 aromatic heterocycles. The van der Waals surface area contributed by atoms with E-state index in [4.69, 9.17) is 0 Å². The highest BCUT2D eigenvalue weighted by molar-refractivity contribution is 7.11. The van der Waals surface area contributed by atoms with Crippen LogP contribution in [0.3, 0.4) is 0 Å². The van der Waals surface area contributed by atoms with E-state index in [1.54, 1.807) is 30.6 Å². The van der Waals surface area contributed by atoms with Crippen LogP contribution >= 0.6 is 11.3 Å². The maximum atomic E-state index is 13.5. The summed E-state index contributed by atoms with van der Waals surface area (Å²) in [6, 6.07) is 2.97. The molecule has 0 unspecified atom stereocenters. The Bertz CT molecular complexity index is 626. The lowest BCUT2D eigenvalue weighted by atomic mass is 10.3. The van der Waals surface area contributed by atoms with Crippen LogP contribution in [-0.2, 0) is 19.4 Å². The van der Waals surface area contributed by atoms with Crippen LogP contribution in [0.2, 0.25) is 0 Å². The summed E-state index contributed by atoms with van der Waals surface area (Å²) < 4.78 is 13.5. The standard InChI is InChI=1S/C15H20FN5S/c1-3-11-9-20-14(22-11)6-8-19-15(17-2)21-10-13-12(16)5-4-7-18-13/h4-5,7,9H,3,6,8,10H2,1-2H3,(H2,17,19,21). The van der Waals surface area contributed by atoms with Crippen molar-refractivity contribution in [3.05, 3.63) is 45.9 Å². The van der Waals surface area contributed by atoms with Crippen molar-refractivity contribution in [1.29, 1.82) is 0 Å². The predicted molar refractivity (Wildman–Crippen MR) is 87.6 cm³/mol. The zero-order valence-corrected chi connectivity index (χ0v) is 13.6. The van der Waals surface area contributed by atoms with E-state index in [9.17, 15) is 4.39 Å². The van der Waals surface area contributed by atoms with E-state index in [-0.39, 0.29) is 5.82 Å². The van der Waals surface area contributed by atoms with E-state index in [0.29, 0.717) is 18.2 Å². The molecule has 0 aliphatic carbocycles. The lowest BCUT2D eigenvalue weighted by Crippen LogP contribution is -2.38. The van der Waals surface area contributed by atoms with Gasteiger partial charge in [-0.2, -0.15) is 0 Å². The highest BCUT2D eigenvalue weighted by atomic mass is 32.1. The number of hydrogen-bond donors (Lipinski definition) is 2. The van der Waals surface area contributed by atoms with E-state index >= 15 is 0 Å². The fourth-order valence-electron chi connectivity index (χ4n) is 1.85. The second-order valence-corrected chi connectivity index (χ2v) is 5.81. The van der Waals surface area contributed by atoms with Crippen LogP contribution in [0.1, 0.15) is 22.5 Å². The Kier molecular flexibility index (Phi) is 6.27. The summed E-state index contributed by atoms with van der Waals surface area (Å²) in [6.45, 7) is 3.14. The second kappa shape index (κ2) is 8.43. The lowest BCUT2D eigenvalue weighted by Gasteiger charge is -2.11. The number of pyridine rings is 1. The largest absolute Gasteiger partial charge is 0.356 e. The number of nitrogens with one attached hydrogen (secondary N) is 2. The van der Waals surface area contributed by atoms with Gasteiger partial charge in [0.1, 0.15) is 5.82 Å². The molecule has 2 N–H and O–H groups in total. The van der Waals surface area contributed by atoms with Crippen molar-refractivity contribution in [2.45, 2.75) is 26.3 Å². The maximum Gasteiger partial charge on any atom is 0.191 e. The monoisotopic (exact) mass is 321 g/mol. The number of nitrogens with zero attached hydrogens (tertiary/aromatic N) is 3. The minimum Gasteiger partial charge on any atom is -0.356 e. The Morgan fingerprint density at radius 1 is 1.36 bits per heavy atom. The molecule has 5 nitrogen and oxygen atoms in total. The number of aliphatic imine (C=N–C) groups is 1. The predicted octanol–water partition coefficient (Wildman–Crippen LogP) is 2.15. The second-order valence-electron chi connectivity index (χ2n) is 4.61. The van der Waals surface area contributed by atoms with Crippen molar-refractivity contribution < 1.29 is 4.39 Å².